The number of rotatable bonds is 3. The summed E-state index contributed by atoms with van der Waals surface area (Å²) in [4.78, 5) is 40.6. The SMILES string of the molecule is CO[C@@H]1CCN(C(=O)N2CCc3cc(-c4cnc5[nH]cc(C)c5c4)cc(C4CCCN4C(=O)OC(C)(C)C)c3C2)C1. The fraction of sp³-hybridized carbons (Fsp3) is 0.531. The maximum atomic E-state index is 13.6. The molecule has 3 amide bonds. The number of benzene rings is 1. The number of urea groups is 1. The predicted molar refractivity (Wildman–Crippen MR) is 158 cm³/mol. The molecule has 6 rings (SSSR count). The smallest absolute Gasteiger partial charge is 0.410 e. The van der Waals surface area contributed by atoms with Gasteiger partial charge in [0.05, 0.1) is 12.1 Å². The Hall–Kier alpha value is -3.59. The Morgan fingerprint density at radius 3 is 2.63 bits per heavy atom. The monoisotopic (exact) mass is 559 g/mol. The number of carbonyl (C=O) groups excluding carboxylic acids is 2. The maximum Gasteiger partial charge on any atom is 0.410 e. The first-order valence-corrected chi connectivity index (χ1v) is 14.8. The van der Waals surface area contributed by atoms with Gasteiger partial charge in [-0.1, -0.05) is 6.07 Å². The lowest BCUT2D eigenvalue weighted by atomic mass is 9.87. The normalized spacial score (nSPS) is 21.0. The Morgan fingerprint density at radius 1 is 1.05 bits per heavy atom. The van der Waals surface area contributed by atoms with Crippen LogP contribution in [-0.4, -0.2) is 81.8 Å². The lowest BCUT2D eigenvalue weighted by Gasteiger charge is -2.36. The fourth-order valence-corrected chi connectivity index (χ4v) is 6.54. The number of aromatic amines is 1. The zero-order valence-electron chi connectivity index (χ0n) is 24.8. The minimum Gasteiger partial charge on any atom is -0.444 e. The lowest BCUT2D eigenvalue weighted by Crippen LogP contribution is -2.45. The topological polar surface area (TPSA) is 91.0 Å². The van der Waals surface area contributed by atoms with Crippen LogP contribution in [0.2, 0.25) is 0 Å². The van der Waals surface area contributed by atoms with E-state index in [0.29, 0.717) is 26.2 Å². The molecule has 2 saturated heterocycles. The molecule has 9 nitrogen and oxygen atoms in total. The summed E-state index contributed by atoms with van der Waals surface area (Å²) in [6.45, 7) is 11.0. The number of ether oxygens (including phenoxy) is 2. The van der Waals surface area contributed by atoms with Crippen molar-refractivity contribution in [2.24, 2.45) is 0 Å². The first-order valence-electron chi connectivity index (χ1n) is 14.8. The second-order valence-corrected chi connectivity index (χ2v) is 12.7. The molecule has 0 radical (unpaired) electrons. The molecule has 1 N–H and O–H groups in total. The van der Waals surface area contributed by atoms with Gasteiger partial charge < -0.3 is 29.2 Å². The van der Waals surface area contributed by atoms with Gasteiger partial charge in [0.15, 0.2) is 0 Å². The summed E-state index contributed by atoms with van der Waals surface area (Å²) in [6.07, 6.45) is 7.13. The van der Waals surface area contributed by atoms with Crippen molar-refractivity contribution in [3.05, 3.63) is 52.8 Å². The summed E-state index contributed by atoms with van der Waals surface area (Å²) in [7, 11) is 1.71. The molecule has 218 valence electrons. The minimum atomic E-state index is -0.569. The molecule has 3 aliphatic heterocycles. The van der Waals surface area contributed by atoms with E-state index in [1.165, 1.54) is 5.56 Å². The number of H-pyrrole nitrogens is 1. The highest BCUT2D eigenvalue weighted by Crippen LogP contribution is 2.40. The molecule has 0 aliphatic carbocycles. The van der Waals surface area contributed by atoms with Crippen molar-refractivity contribution in [2.75, 3.05) is 33.3 Å². The number of likely N-dealkylation sites (tertiary alicyclic amines) is 2. The van der Waals surface area contributed by atoms with Crippen molar-refractivity contribution >= 4 is 23.2 Å². The van der Waals surface area contributed by atoms with E-state index in [9.17, 15) is 9.59 Å². The largest absolute Gasteiger partial charge is 0.444 e. The zero-order chi connectivity index (χ0) is 28.9. The van der Waals surface area contributed by atoms with Crippen LogP contribution in [0.4, 0.5) is 9.59 Å². The number of aryl methyl sites for hydroxylation is 1. The molecule has 9 heteroatoms. The van der Waals surface area contributed by atoms with Gasteiger partial charge in [-0.2, -0.15) is 0 Å². The number of nitrogens with one attached hydrogen (secondary N) is 1. The molecule has 3 aliphatic rings. The fourth-order valence-electron chi connectivity index (χ4n) is 6.54. The summed E-state index contributed by atoms with van der Waals surface area (Å²) in [5, 5.41) is 1.11. The molecular formula is C32H41N5O4. The van der Waals surface area contributed by atoms with E-state index in [1.807, 2.05) is 47.9 Å². The summed E-state index contributed by atoms with van der Waals surface area (Å²) < 4.78 is 11.3. The highest BCUT2D eigenvalue weighted by molar-refractivity contribution is 5.85. The predicted octanol–water partition coefficient (Wildman–Crippen LogP) is 5.81. The maximum absolute atomic E-state index is 13.6. The number of aromatic nitrogens is 2. The zero-order valence-corrected chi connectivity index (χ0v) is 24.8. The standard InChI is InChI=1S/C32H41N5O4/c1-20-16-33-29-25(20)15-23(17-34-29)22-13-21-8-11-36(30(38)35-12-9-24(18-35)40-5)19-27(21)26(14-22)28-7-6-10-37(28)31(39)41-32(2,3)4/h13-17,24,28H,6-12,18-19H2,1-5H3,(H,33,34)/t24-,28?/m1/s1. The number of carbonyl (C=O) groups is 2. The molecule has 41 heavy (non-hydrogen) atoms. The lowest BCUT2D eigenvalue weighted by molar-refractivity contribution is 0.0223. The van der Waals surface area contributed by atoms with Gasteiger partial charge in [-0.25, -0.2) is 14.6 Å². The number of amides is 3. The van der Waals surface area contributed by atoms with Crippen molar-refractivity contribution in [1.29, 1.82) is 0 Å². The van der Waals surface area contributed by atoms with Gasteiger partial charge in [0.2, 0.25) is 0 Å². The molecule has 1 unspecified atom stereocenters. The molecular weight excluding hydrogens is 518 g/mol. The quantitative estimate of drug-likeness (QED) is 0.437. The van der Waals surface area contributed by atoms with Crippen LogP contribution in [-0.2, 0) is 22.4 Å². The third-order valence-corrected chi connectivity index (χ3v) is 8.71. The van der Waals surface area contributed by atoms with Crippen molar-refractivity contribution in [3.63, 3.8) is 0 Å². The summed E-state index contributed by atoms with van der Waals surface area (Å²) >= 11 is 0. The Bertz CT molecular complexity index is 1470. The van der Waals surface area contributed by atoms with Crippen LogP contribution in [0.3, 0.4) is 0 Å². The van der Waals surface area contributed by atoms with Gasteiger partial charge in [-0.3, -0.25) is 0 Å². The number of hydrogen-bond acceptors (Lipinski definition) is 5. The second kappa shape index (κ2) is 10.7. The van der Waals surface area contributed by atoms with E-state index in [2.05, 4.69) is 35.1 Å². The molecule has 0 spiro atoms. The summed E-state index contributed by atoms with van der Waals surface area (Å²) in [5.41, 5.74) is 7.11. The third kappa shape index (κ3) is 5.39. The number of nitrogens with zero attached hydrogens (tertiary/aromatic N) is 4. The molecule has 2 fully saturated rings. The second-order valence-electron chi connectivity index (χ2n) is 12.7. The van der Waals surface area contributed by atoms with Gasteiger partial charge in [0.25, 0.3) is 0 Å². The highest BCUT2D eigenvalue weighted by atomic mass is 16.6. The Kier molecular flexibility index (Phi) is 7.18. The van der Waals surface area contributed by atoms with E-state index in [-0.39, 0.29) is 24.3 Å². The highest BCUT2D eigenvalue weighted by Gasteiger charge is 2.37. The van der Waals surface area contributed by atoms with Gasteiger partial charge in [-0.05, 0) is 93.3 Å². The van der Waals surface area contributed by atoms with Gasteiger partial charge in [-0.15, -0.1) is 0 Å². The average molecular weight is 560 g/mol. The van der Waals surface area contributed by atoms with Crippen LogP contribution in [0.25, 0.3) is 22.2 Å². The van der Waals surface area contributed by atoms with E-state index in [1.54, 1.807) is 7.11 Å². The van der Waals surface area contributed by atoms with Crippen LogP contribution in [0, 0.1) is 6.92 Å². The number of hydrogen-bond donors (Lipinski definition) is 1. The van der Waals surface area contributed by atoms with Crippen LogP contribution in [0.1, 0.15) is 68.3 Å². The van der Waals surface area contributed by atoms with Gasteiger partial charge in [0.1, 0.15) is 11.2 Å². The van der Waals surface area contributed by atoms with Gasteiger partial charge >= 0.3 is 12.1 Å². The van der Waals surface area contributed by atoms with Gasteiger partial charge in [0, 0.05) is 63.2 Å². The molecule has 2 atom stereocenters. The molecule has 2 aromatic heterocycles. The number of pyridine rings is 1. The number of methoxy groups -OCH3 is 1. The van der Waals surface area contributed by atoms with E-state index in [0.717, 1.165) is 71.1 Å². The third-order valence-electron chi connectivity index (χ3n) is 8.71. The first-order chi connectivity index (χ1) is 19.6. The van der Waals surface area contributed by atoms with Crippen molar-refractivity contribution in [1.82, 2.24) is 24.7 Å². The Morgan fingerprint density at radius 2 is 1.88 bits per heavy atom. The Labute approximate surface area is 241 Å². The minimum absolute atomic E-state index is 0.0678. The average Bonchev–Trinajstić information content (AvgIpc) is 3.71. The van der Waals surface area contributed by atoms with Crippen LogP contribution in [0.15, 0.2) is 30.6 Å². The van der Waals surface area contributed by atoms with Crippen molar-refractivity contribution in [2.45, 2.75) is 77.7 Å². The number of fused-ring (bicyclic) bond motifs is 2. The Balaban J connectivity index is 1.38. The van der Waals surface area contributed by atoms with Crippen LogP contribution >= 0.6 is 0 Å². The molecule has 3 aromatic rings. The van der Waals surface area contributed by atoms with E-state index >= 15 is 0 Å². The van der Waals surface area contributed by atoms with E-state index < -0.39 is 5.60 Å². The van der Waals surface area contributed by atoms with Crippen molar-refractivity contribution < 1.29 is 19.1 Å². The van der Waals surface area contributed by atoms with Crippen molar-refractivity contribution in [3.8, 4) is 11.1 Å². The van der Waals surface area contributed by atoms with Crippen LogP contribution < -0.4 is 0 Å². The molecule has 1 aromatic carbocycles. The summed E-state index contributed by atoms with van der Waals surface area (Å²) in [5.74, 6) is 0. The first kappa shape index (κ1) is 27.6. The molecule has 0 saturated carbocycles. The van der Waals surface area contributed by atoms with E-state index in [4.69, 9.17) is 9.47 Å². The molecule has 5 heterocycles. The van der Waals surface area contributed by atoms with Crippen LogP contribution in [0.5, 0.6) is 0 Å². The summed E-state index contributed by atoms with van der Waals surface area (Å²) in [6, 6.07) is 6.64. The molecule has 0 bridgehead atoms.